The number of hydrogen-bond donors (Lipinski definition) is 2. The summed E-state index contributed by atoms with van der Waals surface area (Å²) in [5, 5.41) is 12.2. The molecule has 4 nitrogen and oxygen atoms in total. The van der Waals surface area contributed by atoms with Gasteiger partial charge >= 0.3 is 5.97 Å². The van der Waals surface area contributed by atoms with Crippen LogP contribution in [0.2, 0.25) is 0 Å². The maximum absolute atomic E-state index is 10.9. The van der Waals surface area contributed by atoms with Crippen molar-refractivity contribution < 1.29 is 9.90 Å². The topological polar surface area (TPSA) is 52.6 Å². The molecule has 0 aliphatic carbocycles. The number of piperidine rings is 1. The lowest BCUT2D eigenvalue weighted by Crippen LogP contribution is -2.45. The van der Waals surface area contributed by atoms with Crippen LogP contribution < -0.4 is 5.32 Å². The number of fused-ring (bicyclic) bond motifs is 2. The average molecular weight is 240 g/mol. The highest BCUT2D eigenvalue weighted by Gasteiger charge is 2.38. The molecule has 0 spiro atoms. The van der Waals surface area contributed by atoms with Gasteiger partial charge < -0.3 is 15.3 Å². The highest BCUT2D eigenvalue weighted by molar-refractivity contribution is 5.73. The molecule has 2 heterocycles. The first kappa shape index (κ1) is 12.8. The molecule has 0 aromatic heterocycles. The third-order valence-corrected chi connectivity index (χ3v) is 4.56. The van der Waals surface area contributed by atoms with E-state index in [2.05, 4.69) is 17.3 Å². The molecule has 0 saturated carbocycles. The Morgan fingerprint density at radius 2 is 2.00 bits per heavy atom. The Bertz CT molecular complexity index is 269. The summed E-state index contributed by atoms with van der Waals surface area (Å²) < 4.78 is 0. The minimum atomic E-state index is -0.719. The van der Waals surface area contributed by atoms with E-state index in [-0.39, 0.29) is 6.04 Å². The van der Waals surface area contributed by atoms with Crippen LogP contribution in [0.3, 0.4) is 0 Å². The van der Waals surface area contributed by atoms with Gasteiger partial charge in [-0.1, -0.05) is 6.92 Å². The summed E-state index contributed by atoms with van der Waals surface area (Å²) in [6, 6.07) is 1.11. The highest BCUT2D eigenvalue weighted by atomic mass is 16.4. The summed E-state index contributed by atoms with van der Waals surface area (Å²) in [6.45, 7) is 2.79. The SMILES string of the molecule is CCC(NCC1CC2CCC(C1)N2C)C(=O)O. The van der Waals surface area contributed by atoms with Gasteiger partial charge in [-0.05, 0) is 51.6 Å². The molecule has 2 aliphatic heterocycles. The van der Waals surface area contributed by atoms with Crippen molar-refractivity contribution >= 4 is 5.97 Å². The number of carboxylic acid groups (broad SMARTS) is 1. The van der Waals surface area contributed by atoms with E-state index in [1.165, 1.54) is 25.7 Å². The Morgan fingerprint density at radius 3 is 2.47 bits per heavy atom. The first-order valence-corrected chi connectivity index (χ1v) is 6.80. The van der Waals surface area contributed by atoms with Crippen molar-refractivity contribution in [3.05, 3.63) is 0 Å². The number of carboxylic acids is 1. The number of aliphatic carboxylic acids is 1. The Balaban J connectivity index is 1.79. The van der Waals surface area contributed by atoms with Gasteiger partial charge in [-0.25, -0.2) is 0 Å². The zero-order chi connectivity index (χ0) is 12.4. The summed E-state index contributed by atoms with van der Waals surface area (Å²) in [6.07, 6.45) is 5.78. The molecule has 2 aliphatic rings. The normalized spacial score (nSPS) is 34.8. The van der Waals surface area contributed by atoms with Crippen LogP contribution in [-0.2, 0) is 4.79 Å². The number of nitrogens with zero attached hydrogens (tertiary/aromatic N) is 1. The Kier molecular flexibility index (Phi) is 4.05. The van der Waals surface area contributed by atoms with Crippen LogP contribution >= 0.6 is 0 Å². The van der Waals surface area contributed by atoms with Crippen molar-refractivity contribution in [3.63, 3.8) is 0 Å². The summed E-state index contributed by atoms with van der Waals surface area (Å²) >= 11 is 0. The molecule has 0 radical (unpaired) electrons. The van der Waals surface area contributed by atoms with Crippen LogP contribution in [0.5, 0.6) is 0 Å². The van der Waals surface area contributed by atoms with E-state index in [1.807, 2.05) is 6.92 Å². The molecule has 2 bridgehead atoms. The number of carbonyl (C=O) groups is 1. The minimum absolute atomic E-state index is 0.368. The molecule has 3 atom stereocenters. The largest absolute Gasteiger partial charge is 0.480 e. The molecule has 2 fully saturated rings. The fourth-order valence-corrected chi connectivity index (χ4v) is 3.41. The molecule has 0 amide bonds. The Labute approximate surface area is 103 Å². The second-order valence-corrected chi connectivity index (χ2v) is 5.60. The molecular weight excluding hydrogens is 216 g/mol. The van der Waals surface area contributed by atoms with Crippen LogP contribution in [-0.4, -0.2) is 47.7 Å². The molecule has 0 aromatic rings. The third-order valence-electron chi connectivity index (χ3n) is 4.56. The van der Waals surface area contributed by atoms with Gasteiger partial charge in [0.2, 0.25) is 0 Å². The monoisotopic (exact) mass is 240 g/mol. The average Bonchev–Trinajstić information content (AvgIpc) is 2.53. The molecule has 17 heavy (non-hydrogen) atoms. The number of nitrogens with one attached hydrogen (secondary N) is 1. The van der Waals surface area contributed by atoms with Gasteiger partial charge in [0.05, 0.1) is 0 Å². The van der Waals surface area contributed by atoms with E-state index in [0.29, 0.717) is 12.3 Å². The van der Waals surface area contributed by atoms with E-state index in [4.69, 9.17) is 5.11 Å². The molecule has 3 unspecified atom stereocenters. The summed E-state index contributed by atoms with van der Waals surface area (Å²) in [4.78, 5) is 13.4. The quantitative estimate of drug-likeness (QED) is 0.761. The van der Waals surface area contributed by atoms with E-state index in [9.17, 15) is 4.79 Å². The van der Waals surface area contributed by atoms with Crippen LogP contribution in [0.1, 0.15) is 39.0 Å². The van der Waals surface area contributed by atoms with Crippen molar-refractivity contribution in [3.8, 4) is 0 Å². The highest BCUT2D eigenvalue weighted by Crippen LogP contribution is 2.37. The van der Waals surface area contributed by atoms with Gasteiger partial charge in [-0.15, -0.1) is 0 Å². The van der Waals surface area contributed by atoms with Gasteiger partial charge in [0.1, 0.15) is 6.04 Å². The Hall–Kier alpha value is -0.610. The first-order valence-electron chi connectivity index (χ1n) is 6.80. The predicted molar refractivity (Wildman–Crippen MR) is 67.0 cm³/mol. The van der Waals surface area contributed by atoms with Gasteiger partial charge in [-0.3, -0.25) is 4.79 Å². The van der Waals surface area contributed by atoms with Crippen LogP contribution in [0.15, 0.2) is 0 Å². The fourth-order valence-electron chi connectivity index (χ4n) is 3.41. The van der Waals surface area contributed by atoms with E-state index in [1.54, 1.807) is 0 Å². The fraction of sp³-hybridized carbons (Fsp3) is 0.923. The summed E-state index contributed by atoms with van der Waals surface area (Å²) in [5.74, 6) is -0.0551. The van der Waals surface area contributed by atoms with Crippen molar-refractivity contribution in [2.24, 2.45) is 5.92 Å². The van der Waals surface area contributed by atoms with Crippen molar-refractivity contribution in [2.45, 2.75) is 57.2 Å². The zero-order valence-corrected chi connectivity index (χ0v) is 10.9. The molecule has 0 aromatic carbocycles. The zero-order valence-electron chi connectivity index (χ0n) is 10.9. The Morgan fingerprint density at radius 1 is 1.41 bits per heavy atom. The van der Waals surface area contributed by atoms with Crippen LogP contribution in [0, 0.1) is 5.92 Å². The smallest absolute Gasteiger partial charge is 0.320 e. The lowest BCUT2D eigenvalue weighted by molar-refractivity contribution is -0.139. The molecule has 2 rings (SSSR count). The second kappa shape index (κ2) is 5.36. The first-order chi connectivity index (χ1) is 8.11. The minimum Gasteiger partial charge on any atom is -0.480 e. The van der Waals surface area contributed by atoms with Gasteiger partial charge in [-0.2, -0.15) is 0 Å². The maximum atomic E-state index is 10.9. The van der Waals surface area contributed by atoms with Gasteiger partial charge in [0.25, 0.3) is 0 Å². The molecular formula is C13H24N2O2. The summed E-state index contributed by atoms with van der Waals surface area (Å²) in [5.41, 5.74) is 0. The molecule has 2 saturated heterocycles. The second-order valence-electron chi connectivity index (χ2n) is 5.60. The van der Waals surface area contributed by atoms with Gasteiger partial charge in [0, 0.05) is 12.1 Å². The lowest BCUT2D eigenvalue weighted by atomic mass is 9.91. The van der Waals surface area contributed by atoms with Crippen molar-refractivity contribution in [1.29, 1.82) is 0 Å². The van der Waals surface area contributed by atoms with Crippen LogP contribution in [0.4, 0.5) is 0 Å². The van der Waals surface area contributed by atoms with E-state index < -0.39 is 5.97 Å². The maximum Gasteiger partial charge on any atom is 0.320 e. The molecule has 2 N–H and O–H groups in total. The number of rotatable bonds is 5. The third kappa shape index (κ3) is 2.80. The van der Waals surface area contributed by atoms with E-state index in [0.717, 1.165) is 18.6 Å². The van der Waals surface area contributed by atoms with Crippen molar-refractivity contribution in [2.75, 3.05) is 13.6 Å². The van der Waals surface area contributed by atoms with E-state index >= 15 is 0 Å². The van der Waals surface area contributed by atoms with Crippen LogP contribution in [0.25, 0.3) is 0 Å². The predicted octanol–water partition coefficient (Wildman–Crippen LogP) is 1.31. The number of hydrogen-bond acceptors (Lipinski definition) is 3. The molecule has 98 valence electrons. The molecule has 4 heteroatoms. The standard InChI is InChI=1S/C13H24N2O2/c1-3-12(13(16)17)14-8-9-6-10-4-5-11(7-9)15(10)2/h9-12,14H,3-8H2,1-2H3,(H,16,17). The van der Waals surface area contributed by atoms with Gasteiger partial charge in [0.15, 0.2) is 0 Å². The summed E-state index contributed by atoms with van der Waals surface area (Å²) in [7, 11) is 2.23. The lowest BCUT2D eigenvalue weighted by Gasteiger charge is -2.36. The van der Waals surface area contributed by atoms with Crippen molar-refractivity contribution in [1.82, 2.24) is 10.2 Å².